The third kappa shape index (κ3) is 2.26. The van der Waals surface area contributed by atoms with Crippen molar-refractivity contribution in [3.8, 4) is 11.8 Å². The van der Waals surface area contributed by atoms with Crippen molar-refractivity contribution in [3.63, 3.8) is 0 Å². The van der Waals surface area contributed by atoms with Crippen LogP contribution in [0.1, 0.15) is 11.3 Å². The predicted octanol–water partition coefficient (Wildman–Crippen LogP) is 0.316. The Hall–Kier alpha value is -1.53. The molecule has 0 aliphatic rings. The largest absolute Gasteiger partial charge is 0.384 e. The summed E-state index contributed by atoms with van der Waals surface area (Å²) in [7, 11) is 0. The summed E-state index contributed by atoms with van der Waals surface area (Å²) in [5.74, 6) is 5.65. The number of anilines is 1. The number of nitrogen functional groups attached to an aromatic ring is 1. The highest BCUT2D eigenvalue weighted by Gasteiger charge is 1.92. The second kappa shape index (κ2) is 3.74. The van der Waals surface area contributed by atoms with E-state index >= 15 is 0 Å². The lowest BCUT2D eigenvalue weighted by Crippen LogP contribution is -1.93. The molecule has 0 aliphatic heterocycles. The van der Waals surface area contributed by atoms with Crippen molar-refractivity contribution in [1.29, 1.82) is 0 Å². The van der Waals surface area contributed by atoms with Crippen LogP contribution in [0.15, 0.2) is 12.1 Å². The quantitative estimate of drug-likeness (QED) is 0.540. The van der Waals surface area contributed by atoms with E-state index in [-0.39, 0.29) is 6.61 Å². The van der Waals surface area contributed by atoms with Crippen LogP contribution in [0.4, 0.5) is 5.82 Å². The van der Waals surface area contributed by atoms with Gasteiger partial charge in [-0.3, -0.25) is 0 Å². The average molecular weight is 162 g/mol. The van der Waals surface area contributed by atoms with Crippen LogP contribution in [0.5, 0.6) is 0 Å². The lowest BCUT2D eigenvalue weighted by atomic mass is 10.2. The van der Waals surface area contributed by atoms with Crippen LogP contribution < -0.4 is 5.73 Å². The van der Waals surface area contributed by atoms with Gasteiger partial charge in [-0.15, -0.1) is 0 Å². The molecule has 1 rings (SSSR count). The van der Waals surface area contributed by atoms with Gasteiger partial charge in [0.05, 0.1) is 0 Å². The van der Waals surface area contributed by atoms with Crippen LogP contribution in [0.2, 0.25) is 0 Å². The van der Waals surface area contributed by atoms with Crippen molar-refractivity contribution in [2.24, 2.45) is 0 Å². The molecule has 0 atom stereocenters. The first-order valence-electron chi connectivity index (χ1n) is 3.56. The zero-order valence-corrected chi connectivity index (χ0v) is 6.83. The van der Waals surface area contributed by atoms with Crippen molar-refractivity contribution in [2.45, 2.75) is 6.92 Å². The van der Waals surface area contributed by atoms with Gasteiger partial charge in [-0.05, 0) is 30.5 Å². The zero-order chi connectivity index (χ0) is 8.97. The first-order valence-corrected chi connectivity index (χ1v) is 3.56. The SMILES string of the molecule is Cc1cc(N)nc(C#CCO)c1. The molecule has 0 unspecified atom stereocenters. The number of aryl methyl sites for hydroxylation is 1. The van der Waals surface area contributed by atoms with Crippen molar-refractivity contribution in [2.75, 3.05) is 12.3 Å². The summed E-state index contributed by atoms with van der Waals surface area (Å²) in [6, 6.07) is 3.59. The number of hydrogen-bond donors (Lipinski definition) is 2. The van der Waals surface area contributed by atoms with Crippen LogP contribution in [0.3, 0.4) is 0 Å². The molecular weight excluding hydrogens is 152 g/mol. The Bertz CT molecular complexity index is 316. The first-order chi connectivity index (χ1) is 5.72. The van der Waals surface area contributed by atoms with Crippen molar-refractivity contribution in [3.05, 3.63) is 23.4 Å². The Kier molecular flexibility index (Phi) is 2.67. The molecule has 12 heavy (non-hydrogen) atoms. The van der Waals surface area contributed by atoms with E-state index in [9.17, 15) is 0 Å². The highest BCUT2D eigenvalue weighted by molar-refractivity contribution is 5.40. The molecule has 3 N–H and O–H groups in total. The second-order valence-electron chi connectivity index (χ2n) is 2.41. The summed E-state index contributed by atoms with van der Waals surface area (Å²) in [5, 5.41) is 8.43. The van der Waals surface area contributed by atoms with E-state index in [1.54, 1.807) is 6.07 Å². The smallest absolute Gasteiger partial charge is 0.125 e. The molecule has 0 aromatic carbocycles. The van der Waals surface area contributed by atoms with Gasteiger partial charge in [0.25, 0.3) is 0 Å². The Labute approximate surface area is 71.2 Å². The molecule has 0 spiro atoms. The van der Waals surface area contributed by atoms with E-state index in [0.29, 0.717) is 11.5 Å². The van der Waals surface area contributed by atoms with Crippen LogP contribution in [0, 0.1) is 18.8 Å². The fourth-order valence-electron chi connectivity index (χ4n) is 0.888. The minimum atomic E-state index is -0.157. The van der Waals surface area contributed by atoms with Crippen molar-refractivity contribution >= 4 is 5.82 Å². The topological polar surface area (TPSA) is 59.1 Å². The minimum Gasteiger partial charge on any atom is -0.384 e. The van der Waals surface area contributed by atoms with Crippen LogP contribution in [-0.2, 0) is 0 Å². The molecule has 1 aromatic rings. The Balaban J connectivity index is 3.01. The molecule has 3 heteroatoms. The van der Waals surface area contributed by atoms with E-state index in [0.717, 1.165) is 5.56 Å². The van der Waals surface area contributed by atoms with Crippen LogP contribution in [0.25, 0.3) is 0 Å². The average Bonchev–Trinajstić information content (AvgIpc) is 1.99. The van der Waals surface area contributed by atoms with Gasteiger partial charge >= 0.3 is 0 Å². The molecule has 0 fully saturated rings. The highest BCUT2D eigenvalue weighted by Crippen LogP contribution is 2.04. The number of pyridine rings is 1. The number of aliphatic hydroxyl groups is 1. The number of rotatable bonds is 0. The third-order valence-electron chi connectivity index (χ3n) is 1.29. The second-order valence-corrected chi connectivity index (χ2v) is 2.41. The molecule has 1 aromatic heterocycles. The van der Waals surface area contributed by atoms with Gasteiger partial charge in [0, 0.05) is 0 Å². The van der Waals surface area contributed by atoms with E-state index in [1.165, 1.54) is 0 Å². The Morgan fingerprint density at radius 3 is 2.92 bits per heavy atom. The first kappa shape index (κ1) is 8.57. The summed E-state index contributed by atoms with van der Waals surface area (Å²) in [6.45, 7) is 1.76. The zero-order valence-electron chi connectivity index (χ0n) is 6.83. The van der Waals surface area contributed by atoms with Crippen LogP contribution >= 0.6 is 0 Å². The van der Waals surface area contributed by atoms with Crippen molar-refractivity contribution in [1.82, 2.24) is 4.98 Å². The number of aromatic nitrogens is 1. The molecule has 0 saturated carbocycles. The molecule has 1 heterocycles. The Morgan fingerprint density at radius 1 is 1.58 bits per heavy atom. The minimum absolute atomic E-state index is 0.157. The van der Waals surface area contributed by atoms with Gasteiger partial charge in [-0.25, -0.2) is 4.98 Å². The van der Waals surface area contributed by atoms with Crippen molar-refractivity contribution < 1.29 is 5.11 Å². The van der Waals surface area contributed by atoms with E-state index < -0.39 is 0 Å². The summed E-state index contributed by atoms with van der Waals surface area (Å²) >= 11 is 0. The monoisotopic (exact) mass is 162 g/mol. The van der Waals surface area contributed by atoms with Gasteiger partial charge in [0.15, 0.2) is 0 Å². The molecule has 0 radical (unpaired) electrons. The maximum absolute atomic E-state index is 8.43. The standard InChI is InChI=1S/C9H10N2O/c1-7-5-8(3-2-4-12)11-9(10)6-7/h5-6,12H,4H2,1H3,(H2,10,11). The molecule has 0 aliphatic carbocycles. The van der Waals surface area contributed by atoms with Crippen LogP contribution in [-0.4, -0.2) is 16.7 Å². The van der Waals surface area contributed by atoms with E-state index in [1.807, 2.05) is 13.0 Å². The molecule has 62 valence electrons. The lowest BCUT2D eigenvalue weighted by molar-refractivity contribution is 0.350. The highest BCUT2D eigenvalue weighted by atomic mass is 16.2. The Morgan fingerprint density at radius 2 is 2.33 bits per heavy atom. The van der Waals surface area contributed by atoms with Gasteiger partial charge in [-0.1, -0.05) is 5.92 Å². The summed E-state index contributed by atoms with van der Waals surface area (Å²) < 4.78 is 0. The predicted molar refractivity (Wildman–Crippen MR) is 47.4 cm³/mol. The summed E-state index contributed by atoms with van der Waals surface area (Å²) in [6.07, 6.45) is 0. The van der Waals surface area contributed by atoms with E-state index in [4.69, 9.17) is 10.8 Å². The number of nitrogens with zero attached hydrogens (tertiary/aromatic N) is 1. The fourth-order valence-corrected chi connectivity index (χ4v) is 0.888. The maximum Gasteiger partial charge on any atom is 0.125 e. The normalized spacial score (nSPS) is 8.83. The van der Waals surface area contributed by atoms with Gasteiger partial charge < -0.3 is 10.8 Å². The third-order valence-corrected chi connectivity index (χ3v) is 1.29. The van der Waals surface area contributed by atoms with Gasteiger partial charge in [0.2, 0.25) is 0 Å². The molecular formula is C9H10N2O. The fraction of sp³-hybridized carbons (Fsp3) is 0.222. The molecule has 3 nitrogen and oxygen atoms in total. The number of nitrogens with two attached hydrogens (primary N) is 1. The summed E-state index contributed by atoms with van der Waals surface area (Å²) in [5.41, 5.74) is 7.11. The van der Waals surface area contributed by atoms with Gasteiger partial charge in [0.1, 0.15) is 18.1 Å². The number of hydrogen-bond acceptors (Lipinski definition) is 3. The summed E-state index contributed by atoms with van der Waals surface area (Å²) in [4.78, 5) is 3.96. The molecule has 0 bridgehead atoms. The maximum atomic E-state index is 8.43. The van der Waals surface area contributed by atoms with E-state index in [2.05, 4.69) is 16.8 Å². The lowest BCUT2D eigenvalue weighted by Gasteiger charge is -1.95. The number of aliphatic hydroxyl groups excluding tert-OH is 1. The molecule has 0 amide bonds. The molecule has 0 saturated heterocycles. The van der Waals surface area contributed by atoms with Gasteiger partial charge in [-0.2, -0.15) is 0 Å².